The topological polar surface area (TPSA) is 59.4 Å². The van der Waals surface area contributed by atoms with Gasteiger partial charge in [-0.3, -0.25) is 10.2 Å². The third kappa shape index (κ3) is 8.30. The van der Waals surface area contributed by atoms with Crippen LogP contribution in [-0.2, 0) is 14.3 Å². The van der Waals surface area contributed by atoms with Crippen LogP contribution in [0.2, 0.25) is 0 Å². The lowest BCUT2D eigenvalue weighted by Crippen LogP contribution is -2.24. The molecule has 0 aromatic carbocycles. The summed E-state index contributed by atoms with van der Waals surface area (Å²) in [5, 5.41) is 7.25. The second-order valence-corrected chi connectivity index (χ2v) is 6.02. The van der Waals surface area contributed by atoms with Crippen LogP contribution in [0.4, 0.5) is 0 Å². The molecule has 0 amide bonds. The van der Waals surface area contributed by atoms with Crippen LogP contribution in [0.25, 0.3) is 0 Å². The van der Waals surface area contributed by atoms with E-state index in [1.165, 1.54) is 6.92 Å². The first-order valence-electron chi connectivity index (χ1n) is 4.70. The molecule has 0 fully saturated rings. The average Bonchev–Trinajstić information content (AvgIpc) is 2.08. The van der Waals surface area contributed by atoms with Crippen LogP contribution >= 0.6 is 34.8 Å². The van der Waals surface area contributed by atoms with Crippen LogP contribution in [0.3, 0.4) is 0 Å². The Labute approximate surface area is 115 Å². The quantitative estimate of drug-likeness (QED) is 0.285. The highest BCUT2D eigenvalue weighted by molar-refractivity contribution is 6.76. The van der Waals surface area contributed by atoms with Crippen molar-refractivity contribution < 1.29 is 14.3 Å². The lowest BCUT2D eigenvalue weighted by atomic mass is 10.1. The molecule has 0 spiro atoms. The van der Waals surface area contributed by atoms with Crippen LogP contribution in [0.5, 0.6) is 0 Å². The number of rotatable bonds is 4. The van der Waals surface area contributed by atoms with Gasteiger partial charge in [0, 0.05) is 6.92 Å². The number of hydrogen-bond donors (Lipinski definition) is 1. The predicted octanol–water partition coefficient (Wildman–Crippen LogP) is 3.25. The first kappa shape index (κ1) is 16.6. The molecule has 0 aliphatic heterocycles. The summed E-state index contributed by atoms with van der Waals surface area (Å²) in [6, 6.07) is 0. The molecule has 0 rings (SSSR count). The Morgan fingerprint density at radius 3 is 2.29 bits per heavy atom. The Morgan fingerprint density at radius 2 is 1.88 bits per heavy atom. The summed E-state index contributed by atoms with van der Waals surface area (Å²) >= 11 is 16.2. The number of carbonyl (C=O) groups is 1. The van der Waals surface area contributed by atoms with Crippen molar-refractivity contribution in [2.75, 3.05) is 6.61 Å². The van der Waals surface area contributed by atoms with Gasteiger partial charge in [0.2, 0.25) is 5.90 Å². The van der Waals surface area contributed by atoms with Crippen molar-refractivity contribution >= 4 is 46.7 Å². The summed E-state index contributed by atoms with van der Waals surface area (Å²) in [6.07, 6.45) is 3.20. The van der Waals surface area contributed by atoms with Crippen molar-refractivity contribution in [3.05, 3.63) is 12.2 Å². The van der Waals surface area contributed by atoms with Crippen molar-refractivity contribution in [3.8, 4) is 0 Å². The zero-order valence-electron chi connectivity index (χ0n) is 9.72. The van der Waals surface area contributed by atoms with Crippen LogP contribution < -0.4 is 0 Å². The van der Waals surface area contributed by atoms with E-state index in [0.717, 1.165) is 0 Å². The molecule has 0 radical (unpaired) electrons. The molecule has 1 N–H and O–H groups in total. The molecule has 0 aromatic heterocycles. The molecule has 0 heterocycles. The number of alkyl halides is 3. The minimum atomic E-state index is -1.86. The number of ether oxygens (including phenoxy) is 2. The molecule has 0 bridgehead atoms. The zero-order chi connectivity index (χ0) is 13.7. The van der Waals surface area contributed by atoms with E-state index in [2.05, 4.69) is 0 Å². The summed E-state index contributed by atoms with van der Waals surface area (Å²) in [7, 11) is 0. The fourth-order valence-corrected chi connectivity index (χ4v) is 1.11. The van der Waals surface area contributed by atoms with E-state index in [9.17, 15) is 4.79 Å². The molecular formula is C10H14Cl3NO3. The molecule has 98 valence electrons. The molecule has 17 heavy (non-hydrogen) atoms. The third-order valence-corrected chi connectivity index (χ3v) is 2.02. The van der Waals surface area contributed by atoms with Gasteiger partial charge in [0.05, 0.1) is 0 Å². The number of carbonyl (C=O) groups excluding carboxylic acids is 1. The minimum absolute atomic E-state index is 0.0530. The third-order valence-electron chi connectivity index (χ3n) is 1.51. The van der Waals surface area contributed by atoms with Gasteiger partial charge in [0.1, 0.15) is 12.2 Å². The summed E-state index contributed by atoms with van der Waals surface area (Å²) in [5.41, 5.74) is -0.739. The number of nitrogens with one attached hydrogen (secondary N) is 1. The highest BCUT2D eigenvalue weighted by Gasteiger charge is 2.28. The predicted molar refractivity (Wildman–Crippen MR) is 69.0 cm³/mol. The molecule has 0 saturated heterocycles. The molecule has 0 aliphatic carbocycles. The van der Waals surface area contributed by atoms with E-state index >= 15 is 0 Å². The maximum atomic E-state index is 10.8. The van der Waals surface area contributed by atoms with E-state index in [0.29, 0.717) is 0 Å². The van der Waals surface area contributed by atoms with E-state index in [4.69, 9.17) is 49.7 Å². The second-order valence-electron chi connectivity index (χ2n) is 3.74. The largest absolute Gasteiger partial charge is 0.474 e. The van der Waals surface area contributed by atoms with Crippen molar-refractivity contribution in [3.63, 3.8) is 0 Å². The number of hydrogen-bond acceptors (Lipinski definition) is 4. The van der Waals surface area contributed by atoms with Gasteiger partial charge in [-0.15, -0.1) is 0 Å². The average molecular weight is 303 g/mol. The molecule has 0 unspecified atom stereocenters. The Hall–Kier alpha value is -0.450. The van der Waals surface area contributed by atoms with Gasteiger partial charge in [0.25, 0.3) is 3.79 Å². The first-order valence-corrected chi connectivity index (χ1v) is 5.84. The SMILES string of the molecule is CC(=O)OC(C)(C)/C=C/COC(=N)C(Cl)(Cl)Cl. The van der Waals surface area contributed by atoms with Crippen molar-refractivity contribution in [2.45, 2.75) is 30.2 Å². The lowest BCUT2D eigenvalue weighted by molar-refractivity contribution is -0.149. The molecule has 7 heteroatoms. The maximum absolute atomic E-state index is 10.8. The van der Waals surface area contributed by atoms with Gasteiger partial charge in [-0.1, -0.05) is 34.8 Å². The van der Waals surface area contributed by atoms with Gasteiger partial charge in [-0.2, -0.15) is 0 Å². The van der Waals surface area contributed by atoms with E-state index in [1.54, 1.807) is 26.0 Å². The van der Waals surface area contributed by atoms with Crippen LogP contribution in [0, 0.1) is 5.41 Å². The van der Waals surface area contributed by atoms with Gasteiger partial charge in [-0.25, -0.2) is 0 Å². The standard InChI is InChI=1S/C10H14Cl3NO3/c1-7(15)17-9(2,3)5-4-6-16-8(14)10(11,12)13/h4-5,14H,6H2,1-3H3/b5-4+,14-8?. The van der Waals surface area contributed by atoms with E-state index in [1.807, 2.05) is 0 Å². The van der Waals surface area contributed by atoms with Crippen molar-refractivity contribution in [1.29, 1.82) is 5.41 Å². The lowest BCUT2D eigenvalue weighted by Gasteiger charge is -2.20. The zero-order valence-corrected chi connectivity index (χ0v) is 12.0. The van der Waals surface area contributed by atoms with Crippen LogP contribution in [-0.4, -0.2) is 27.9 Å². The molecule has 0 atom stereocenters. The van der Waals surface area contributed by atoms with Gasteiger partial charge in [0.15, 0.2) is 0 Å². The Kier molecular flexibility index (Phi) is 6.30. The van der Waals surface area contributed by atoms with Gasteiger partial charge >= 0.3 is 5.97 Å². The Bertz CT molecular complexity index is 321. The van der Waals surface area contributed by atoms with Crippen LogP contribution in [0.15, 0.2) is 12.2 Å². The molecule has 4 nitrogen and oxygen atoms in total. The highest BCUT2D eigenvalue weighted by Crippen LogP contribution is 2.27. The Balaban J connectivity index is 4.13. The normalized spacial score (nSPS) is 12.6. The molecule has 0 saturated carbocycles. The smallest absolute Gasteiger partial charge is 0.303 e. The molecule has 0 aliphatic rings. The number of halogens is 3. The summed E-state index contributed by atoms with van der Waals surface area (Å²) in [6.45, 7) is 4.80. The minimum Gasteiger partial charge on any atom is -0.474 e. The number of esters is 1. The van der Waals surface area contributed by atoms with Gasteiger partial charge < -0.3 is 9.47 Å². The maximum Gasteiger partial charge on any atom is 0.303 e. The van der Waals surface area contributed by atoms with Crippen molar-refractivity contribution in [1.82, 2.24) is 0 Å². The van der Waals surface area contributed by atoms with E-state index in [-0.39, 0.29) is 12.6 Å². The monoisotopic (exact) mass is 301 g/mol. The summed E-state index contributed by atoms with van der Waals surface area (Å²) in [4.78, 5) is 10.8. The van der Waals surface area contributed by atoms with Crippen LogP contribution in [0.1, 0.15) is 20.8 Å². The first-order chi connectivity index (χ1) is 7.54. The fourth-order valence-electron chi connectivity index (χ4n) is 0.950. The fraction of sp³-hybridized carbons (Fsp3) is 0.600. The Morgan fingerprint density at radius 1 is 1.35 bits per heavy atom. The molecule has 0 aromatic rings. The highest BCUT2D eigenvalue weighted by atomic mass is 35.6. The molecular weight excluding hydrogens is 288 g/mol. The summed E-state index contributed by atoms with van der Waals surface area (Å²) < 4.78 is 8.00. The van der Waals surface area contributed by atoms with Crippen molar-refractivity contribution in [2.24, 2.45) is 0 Å². The van der Waals surface area contributed by atoms with Gasteiger partial charge in [-0.05, 0) is 26.0 Å². The second kappa shape index (κ2) is 6.47. The van der Waals surface area contributed by atoms with E-state index < -0.39 is 15.3 Å². The summed E-state index contributed by atoms with van der Waals surface area (Å²) in [5.74, 6) is -0.841.